The average molecular weight is 370 g/mol. The van der Waals surface area contributed by atoms with E-state index in [0.29, 0.717) is 17.9 Å². The molecule has 0 spiro atoms. The Hall–Kier alpha value is -3.12. The molecule has 2 rings (SSSR count). The van der Waals surface area contributed by atoms with Crippen molar-refractivity contribution in [1.29, 1.82) is 0 Å². The van der Waals surface area contributed by atoms with Gasteiger partial charge in [-0.15, -0.1) is 0 Å². The van der Waals surface area contributed by atoms with Gasteiger partial charge in [-0.05, 0) is 17.7 Å². The first-order chi connectivity index (χ1) is 13.2. The smallest absolute Gasteiger partial charge is 0.342 e. The molecule has 0 unspecified atom stereocenters. The maximum Gasteiger partial charge on any atom is 0.342 e. The quantitative estimate of drug-likeness (QED) is 0.344. The lowest BCUT2D eigenvalue weighted by Gasteiger charge is -2.11. The van der Waals surface area contributed by atoms with Crippen LogP contribution in [0.4, 0.5) is 0 Å². The van der Waals surface area contributed by atoms with Crippen molar-refractivity contribution in [3.05, 3.63) is 78.4 Å². The summed E-state index contributed by atoms with van der Waals surface area (Å²) in [6.07, 6.45) is 1.09. The maximum atomic E-state index is 12.3. The van der Waals surface area contributed by atoms with Gasteiger partial charge in [-0.25, -0.2) is 9.59 Å². The van der Waals surface area contributed by atoms with E-state index < -0.39 is 11.9 Å². The molecule has 0 bridgehead atoms. The standard InChI is InChI=1S/C21H22O6/c1-2-20(22)26-15-13-24-12-14-25-19-11-7-6-10-18(19)21(23)27-16-17-8-4-3-5-9-17/h2-11H,1,12-16H2. The molecule has 0 radical (unpaired) electrons. The summed E-state index contributed by atoms with van der Waals surface area (Å²) < 4.78 is 21.0. The van der Waals surface area contributed by atoms with Gasteiger partial charge < -0.3 is 18.9 Å². The highest BCUT2D eigenvalue weighted by Crippen LogP contribution is 2.19. The van der Waals surface area contributed by atoms with E-state index in [1.54, 1.807) is 24.3 Å². The van der Waals surface area contributed by atoms with Crippen molar-refractivity contribution in [1.82, 2.24) is 0 Å². The predicted octanol–water partition coefficient (Wildman–Crippen LogP) is 3.17. The molecule has 0 saturated heterocycles. The Morgan fingerprint density at radius 3 is 2.33 bits per heavy atom. The second kappa shape index (κ2) is 11.5. The van der Waals surface area contributed by atoms with Crippen LogP contribution < -0.4 is 4.74 Å². The van der Waals surface area contributed by atoms with E-state index in [1.807, 2.05) is 30.3 Å². The first kappa shape index (κ1) is 20.2. The number of rotatable bonds is 11. The van der Waals surface area contributed by atoms with Crippen LogP contribution in [-0.2, 0) is 25.6 Å². The third kappa shape index (κ3) is 7.33. The van der Waals surface area contributed by atoms with Crippen LogP contribution in [0.15, 0.2) is 67.3 Å². The SMILES string of the molecule is C=CC(=O)OCCOCCOc1ccccc1C(=O)OCc1ccccc1. The molecule has 2 aromatic rings. The first-order valence-electron chi connectivity index (χ1n) is 8.50. The maximum absolute atomic E-state index is 12.3. The van der Waals surface area contributed by atoms with E-state index in [1.165, 1.54) is 0 Å². The molecular formula is C21H22O6. The largest absolute Gasteiger partial charge is 0.490 e. The molecule has 6 heteroatoms. The number of hydrogen-bond donors (Lipinski definition) is 0. The Morgan fingerprint density at radius 2 is 1.56 bits per heavy atom. The molecule has 0 aliphatic rings. The fraction of sp³-hybridized carbons (Fsp3) is 0.238. The van der Waals surface area contributed by atoms with Gasteiger partial charge >= 0.3 is 11.9 Å². The Labute approximate surface area is 158 Å². The number of carbonyl (C=O) groups is 2. The molecule has 2 aromatic carbocycles. The highest BCUT2D eigenvalue weighted by atomic mass is 16.6. The molecule has 0 atom stereocenters. The Bertz CT molecular complexity index is 741. The minimum absolute atomic E-state index is 0.146. The van der Waals surface area contributed by atoms with Crippen molar-refractivity contribution in [2.45, 2.75) is 6.61 Å². The number of para-hydroxylation sites is 1. The molecule has 0 heterocycles. The Balaban J connectivity index is 1.75. The van der Waals surface area contributed by atoms with Gasteiger partial charge in [0.05, 0.1) is 13.2 Å². The summed E-state index contributed by atoms with van der Waals surface area (Å²) in [6.45, 7) is 4.44. The number of carbonyl (C=O) groups excluding carboxylic acids is 2. The average Bonchev–Trinajstić information content (AvgIpc) is 2.72. The molecule has 0 fully saturated rings. The van der Waals surface area contributed by atoms with Crippen LogP contribution >= 0.6 is 0 Å². The summed E-state index contributed by atoms with van der Waals surface area (Å²) in [7, 11) is 0. The monoisotopic (exact) mass is 370 g/mol. The van der Waals surface area contributed by atoms with Crippen LogP contribution in [-0.4, -0.2) is 38.4 Å². The van der Waals surface area contributed by atoms with Gasteiger partial charge in [0.25, 0.3) is 0 Å². The molecule has 0 aromatic heterocycles. The number of hydrogen-bond acceptors (Lipinski definition) is 6. The van der Waals surface area contributed by atoms with Crippen molar-refractivity contribution in [2.24, 2.45) is 0 Å². The van der Waals surface area contributed by atoms with Gasteiger partial charge in [0.1, 0.15) is 31.1 Å². The van der Waals surface area contributed by atoms with Gasteiger partial charge in [-0.3, -0.25) is 0 Å². The second-order valence-electron chi connectivity index (χ2n) is 5.39. The summed E-state index contributed by atoms with van der Waals surface area (Å²) in [5.74, 6) is -0.512. The summed E-state index contributed by atoms with van der Waals surface area (Å²) in [5.41, 5.74) is 1.27. The van der Waals surface area contributed by atoms with Crippen molar-refractivity contribution < 1.29 is 28.5 Å². The van der Waals surface area contributed by atoms with E-state index in [4.69, 9.17) is 18.9 Å². The predicted molar refractivity (Wildman–Crippen MR) is 99.5 cm³/mol. The van der Waals surface area contributed by atoms with Gasteiger partial charge in [-0.2, -0.15) is 0 Å². The van der Waals surface area contributed by atoms with Crippen LogP contribution in [0.5, 0.6) is 5.75 Å². The summed E-state index contributed by atoms with van der Waals surface area (Å²) in [6, 6.07) is 16.3. The molecule has 0 N–H and O–H groups in total. The Kier molecular flexibility index (Phi) is 8.59. The normalized spacial score (nSPS) is 10.1. The zero-order valence-electron chi connectivity index (χ0n) is 15.0. The lowest BCUT2D eigenvalue weighted by atomic mass is 10.2. The van der Waals surface area contributed by atoms with Crippen LogP contribution in [0.3, 0.4) is 0 Å². The lowest BCUT2D eigenvalue weighted by molar-refractivity contribution is -0.139. The minimum Gasteiger partial charge on any atom is -0.490 e. The van der Waals surface area contributed by atoms with E-state index in [9.17, 15) is 9.59 Å². The van der Waals surface area contributed by atoms with E-state index in [2.05, 4.69) is 6.58 Å². The zero-order chi connectivity index (χ0) is 19.3. The summed E-state index contributed by atoms with van der Waals surface area (Å²) in [4.78, 5) is 23.2. The third-order valence-corrected chi connectivity index (χ3v) is 3.44. The molecule has 142 valence electrons. The lowest BCUT2D eigenvalue weighted by Crippen LogP contribution is -2.14. The van der Waals surface area contributed by atoms with Crippen LogP contribution in [0, 0.1) is 0 Å². The summed E-state index contributed by atoms with van der Waals surface area (Å²) >= 11 is 0. The minimum atomic E-state index is -0.488. The fourth-order valence-electron chi connectivity index (χ4n) is 2.13. The molecule has 0 amide bonds. The topological polar surface area (TPSA) is 71.1 Å². The molecule has 27 heavy (non-hydrogen) atoms. The van der Waals surface area contributed by atoms with Crippen LogP contribution in [0.2, 0.25) is 0 Å². The second-order valence-corrected chi connectivity index (χ2v) is 5.39. The van der Waals surface area contributed by atoms with Gasteiger partial charge in [0, 0.05) is 6.08 Å². The highest BCUT2D eigenvalue weighted by molar-refractivity contribution is 5.92. The van der Waals surface area contributed by atoms with Gasteiger partial charge in [0.15, 0.2) is 0 Å². The van der Waals surface area contributed by atoms with Gasteiger partial charge in [-0.1, -0.05) is 49.0 Å². The van der Waals surface area contributed by atoms with E-state index in [-0.39, 0.29) is 26.4 Å². The van der Waals surface area contributed by atoms with Crippen molar-refractivity contribution in [3.63, 3.8) is 0 Å². The number of benzene rings is 2. The van der Waals surface area contributed by atoms with E-state index in [0.717, 1.165) is 11.6 Å². The number of esters is 2. The van der Waals surface area contributed by atoms with Crippen molar-refractivity contribution in [3.8, 4) is 5.75 Å². The van der Waals surface area contributed by atoms with E-state index >= 15 is 0 Å². The molecule has 0 aliphatic heterocycles. The van der Waals surface area contributed by atoms with Crippen LogP contribution in [0.1, 0.15) is 15.9 Å². The van der Waals surface area contributed by atoms with Crippen molar-refractivity contribution in [2.75, 3.05) is 26.4 Å². The summed E-state index contributed by atoms with van der Waals surface area (Å²) in [5, 5.41) is 0. The molecular weight excluding hydrogens is 348 g/mol. The molecule has 6 nitrogen and oxygen atoms in total. The first-order valence-corrected chi connectivity index (χ1v) is 8.50. The van der Waals surface area contributed by atoms with Crippen molar-refractivity contribution >= 4 is 11.9 Å². The van der Waals surface area contributed by atoms with Crippen LogP contribution in [0.25, 0.3) is 0 Å². The zero-order valence-corrected chi connectivity index (χ0v) is 15.0. The number of ether oxygens (including phenoxy) is 4. The fourth-order valence-corrected chi connectivity index (χ4v) is 2.13. The third-order valence-electron chi connectivity index (χ3n) is 3.44. The van der Waals surface area contributed by atoms with Gasteiger partial charge in [0.2, 0.25) is 0 Å². The Morgan fingerprint density at radius 1 is 0.852 bits per heavy atom. The highest BCUT2D eigenvalue weighted by Gasteiger charge is 2.13. The molecule has 0 aliphatic carbocycles. The molecule has 0 saturated carbocycles.